The minimum atomic E-state index is 0.0342. The number of aromatic hydroxyl groups is 1. The van der Waals surface area contributed by atoms with Crippen LogP contribution in [-0.2, 0) is 11.3 Å². The van der Waals surface area contributed by atoms with Crippen LogP contribution in [0, 0.1) is 5.41 Å². The van der Waals surface area contributed by atoms with E-state index in [0.717, 1.165) is 12.0 Å². The molecule has 0 aliphatic carbocycles. The quantitative estimate of drug-likeness (QED) is 0.903. The first kappa shape index (κ1) is 14.3. The lowest BCUT2D eigenvalue weighted by atomic mass is 9.78. The first-order chi connectivity index (χ1) is 11.1. The fourth-order valence-electron chi connectivity index (χ4n) is 3.57. The molecule has 4 rings (SSSR count). The number of rotatable bonds is 2. The normalized spacial score (nSPS) is 24.9. The number of anilines is 1. The van der Waals surface area contributed by atoms with Gasteiger partial charge in [0.2, 0.25) is 0 Å². The van der Waals surface area contributed by atoms with E-state index >= 15 is 0 Å². The monoisotopic (exact) mass is 307 g/mol. The molecule has 2 aliphatic rings. The Morgan fingerprint density at radius 1 is 1.13 bits per heavy atom. The fraction of sp³-hybridized carbons (Fsp3) is 0.300. The number of nitrogens with zero attached hydrogens (tertiary/aromatic N) is 1. The van der Waals surface area contributed by atoms with Crippen LogP contribution in [0.3, 0.4) is 0 Å². The zero-order valence-corrected chi connectivity index (χ0v) is 13.4. The summed E-state index contributed by atoms with van der Waals surface area (Å²) < 4.78 is 0. The molecule has 3 nitrogen and oxygen atoms in total. The predicted molar refractivity (Wildman–Crippen MR) is 92.2 cm³/mol. The predicted octanol–water partition coefficient (Wildman–Crippen LogP) is 4.18. The van der Waals surface area contributed by atoms with Crippen LogP contribution < -0.4 is 5.06 Å². The molecule has 0 radical (unpaired) electrons. The molecule has 2 aromatic carbocycles. The second-order valence-electron chi connectivity index (χ2n) is 6.97. The van der Waals surface area contributed by atoms with E-state index in [4.69, 9.17) is 4.84 Å². The van der Waals surface area contributed by atoms with Crippen molar-refractivity contribution < 1.29 is 9.94 Å². The van der Waals surface area contributed by atoms with Crippen molar-refractivity contribution in [3.63, 3.8) is 0 Å². The van der Waals surface area contributed by atoms with Crippen molar-refractivity contribution >= 4 is 11.8 Å². The summed E-state index contributed by atoms with van der Waals surface area (Å²) in [6.45, 7) is 4.55. The van der Waals surface area contributed by atoms with E-state index < -0.39 is 0 Å². The van der Waals surface area contributed by atoms with Gasteiger partial charge in [-0.25, -0.2) is 5.06 Å². The van der Waals surface area contributed by atoms with Gasteiger partial charge in [0.05, 0.1) is 11.7 Å². The van der Waals surface area contributed by atoms with E-state index in [0.29, 0.717) is 6.04 Å². The minimum absolute atomic E-state index is 0.0342. The molecule has 0 saturated carbocycles. The summed E-state index contributed by atoms with van der Waals surface area (Å²) in [4.78, 5) is 6.27. The van der Waals surface area contributed by atoms with Crippen molar-refractivity contribution in [3.05, 3.63) is 65.7 Å². The van der Waals surface area contributed by atoms with Crippen molar-refractivity contribution in [2.24, 2.45) is 5.41 Å². The zero-order chi connectivity index (χ0) is 16.0. The Kier molecular flexibility index (Phi) is 3.20. The fourth-order valence-corrected chi connectivity index (χ4v) is 3.57. The molecular formula is C20H21NO2. The highest BCUT2D eigenvalue weighted by molar-refractivity contribution is 5.59. The van der Waals surface area contributed by atoms with E-state index in [-0.39, 0.29) is 17.3 Å². The van der Waals surface area contributed by atoms with Gasteiger partial charge in [-0.2, -0.15) is 0 Å². The van der Waals surface area contributed by atoms with Crippen LogP contribution in [0.1, 0.15) is 25.0 Å². The Labute approximate surface area is 136 Å². The van der Waals surface area contributed by atoms with E-state index in [2.05, 4.69) is 55.3 Å². The maximum absolute atomic E-state index is 9.37. The molecule has 2 atom stereocenters. The Morgan fingerprint density at radius 2 is 1.87 bits per heavy atom. The second kappa shape index (κ2) is 5.14. The van der Waals surface area contributed by atoms with Gasteiger partial charge in [0.1, 0.15) is 11.9 Å². The van der Waals surface area contributed by atoms with Gasteiger partial charge < -0.3 is 5.11 Å². The van der Waals surface area contributed by atoms with Gasteiger partial charge in [0, 0.05) is 5.41 Å². The Bertz CT molecular complexity index is 748. The average molecular weight is 307 g/mol. The number of hydroxylamine groups is 1. The molecule has 1 N–H and O–H groups in total. The summed E-state index contributed by atoms with van der Waals surface area (Å²) in [7, 11) is 0. The summed E-state index contributed by atoms with van der Waals surface area (Å²) in [6, 6.07) is 16.1. The van der Waals surface area contributed by atoms with Gasteiger partial charge in [-0.05, 0) is 35.7 Å². The minimum Gasteiger partial charge on any atom is -0.508 e. The molecule has 1 saturated heterocycles. The number of hydrogen-bond donors (Lipinski definition) is 1. The van der Waals surface area contributed by atoms with Crippen LogP contribution in [0.4, 0.5) is 5.69 Å². The molecule has 2 heterocycles. The highest BCUT2D eigenvalue weighted by Gasteiger charge is 2.51. The molecule has 0 aromatic heterocycles. The van der Waals surface area contributed by atoms with Crippen molar-refractivity contribution in [3.8, 4) is 5.75 Å². The second-order valence-corrected chi connectivity index (χ2v) is 6.97. The van der Waals surface area contributed by atoms with Crippen LogP contribution in [0.2, 0.25) is 0 Å². The van der Waals surface area contributed by atoms with Gasteiger partial charge in [-0.15, -0.1) is 0 Å². The maximum atomic E-state index is 9.37. The van der Waals surface area contributed by atoms with Gasteiger partial charge in [-0.1, -0.05) is 56.3 Å². The zero-order valence-electron chi connectivity index (χ0n) is 13.4. The van der Waals surface area contributed by atoms with Crippen LogP contribution >= 0.6 is 0 Å². The van der Waals surface area contributed by atoms with Crippen LogP contribution in [0.15, 0.2) is 54.6 Å². The molecule has 3 heteroatoms. The Balaban J connectivity index is 1.59. The SMILES string of the molecule is CC1(C)C(C=Cc2ccc(O)cc2)ON2c3ccccc3CC21. The van der Waals surface area contributed by atoms with E-state index in [9.17, 15) is 5.11 Å². The Morgan fingerprint density at radius 3 is 2.65 bits per heavy atom. The van der Waals surface area contributed by atoms with E-state index in [1.54, 1.807) is 12.1 Å². The van der Waals surface area contributed by atoms with E-state index in [1.807, 2.05) is 12.1 Å². The van der Waals surface area contributed by atoms with Crippen molar-refractivity contribution in [2.75, 3.05) is 5.06 Å². The standard InChI is InChI=1S/C20H21NO2/c1-20(2)18-13-15-5-3-4-6-17(15)21(18)23-19(20)12-9-14-7-10-16(22)11-8-14/h3-12,18-19,22H,13H2,1-2H3. The van der Waals surface area contributed by atoms with E-state index in [1.165, 1.54) is 11.3 Å². The van der Waals surface area contributed by atoms with Crippen molar-refractivity contribution in [1.29, 1.82) is 0 Å². The molecule has 2 unspecified atom stereocenters. The maximum Gasteiger partial charge on any atom is 0.115 e. The molecule has 0 bridgehead atoms. The lowest BCUT2D eigenvalue weighted by Crippen LogP contribution is -2.36. The van der Waals surface area contributed by atoms with Gasteiger partial charge in [0.15, 0.2) is 0 Å². The topological polar surface area (TPSA) is 32.7 Å². The smallest absolute Gasteiger partial charge is 0.115 e. The molecular weight excluding hydrogens is 286 g/mol. The third-order valence-corrected chi connectivity index (χ3v) is 5.10. The largest absolute Gasteiger partial charge is 0.508 e. The molecule has 2 aromatic rings. The lowest BCUT2D eigenvalue weighted by Gasteiger charge is -2.26. The first-order valence-corrected chi connectivity index (χ1v) is 8.07. The molecule has 1 fully saturated rings. The average Bonchev–Trinajstić information content (AvgIpc) is 3.02. The number of phenolic OH excluding ortho intramolecular Hbond substituents is 1. The molecule has 0 amide bonds. The number of hydrogen-bond acceptors (Lipinski definition) is 3. The van der Waals surface area contributed by atoms with Crippen molar-refractivity contribution in [1.82, 2.24) is 0 Å². The third kappa shape index (κ3) is 2.32. The molecule has 118 valence electrons. The molecule has 0 spiro atoms. The summed E-state index contributed by atoms with van der Waals surface area (Å²) >= 11 is 0. The van der Waals surface area contributed by atoms with Crippen LogP contribution in [-0.4, -0.2) is 17.3 Å². The summed E-state index contributed by atoms with van der Waals surface area (Å²) in [5.41, 5.74) is 3.67. The Hall–Kier alpha value is -2.26. The number of para-hydroxylation sites is 1. The van der Waals surface area contributed by atoms with Gasteiger partial charge in [-0.3, -0.25) is 4.84 Å². The number of fused-ring (bicyclic) bond motifs is 3. The number of benzene rings is 2. The third-order valence-electron chi connectivity index (χ3n) is 5.10. The summed E-state index contributed by atoms with van der Waals surface area (Å²) in [5, 5.41) is 11.5. The van der Waals surface area contributed by atoms with Gasteiger partial charge >= 0.3 is 0 Å². The lowest BCUT2D eigenvalue weighted by molar-refractivity contribution is 0.0849. The summed E-state index contributed by atoms with van der Waals surface area (Å²) in [5.74, 6) is 0.289. The summed E-state index contributed by atoms with van der Waals surface area (Å²) in [6.07, 6.45) is 5.27. The van der Waals surface area contributed by atoms with Crippen LogP contribution in [0.5, 0.6) is 5.75 Å². The van der Waals surface area contributed by atoms with Crippen molar-refractivity contribution in [2.45, 2.75) is 32.4 Å². The first-order valence-electron chi connectivity index (χ1n) is 8.07. The molecule has 2 aliphatic heterocycles. The number of phenols is 1. The van der Waals surface area contributed by atoms with Gasteiger partial charge in [0.25, 0.3) is 0 Å². The van der Waals surface area contributed by atoms with Crippen LogP contribution in [0.25, 0.3) is 6.08 Å². The molecule has 23 heavy (non-hydrogen) atoms. The highest BCUT2D eigenvalue weighted by atomic mass is 16.7. The highest BCUT2D eigenvalue weighted by Crippen LogP contribution is 2.48.